The monoisotopic (exact) mass is 402 g/mol. The van der Waals surface area contributed by atoms with Crippen LogP contribution in [-0.2, 0) is 4.74 Å². The van der Waals surface area contributed by atoms with Crippen LogP contribution in [0.2, 0.25) is 0 Å². The largest absolute Gasteiger partial charge is 0.494 e. The van der Waals surface area contributed by atoms with Gasteiger partial charge in [0.1, 0.15) is 40.2 Å². The molecule has 0 aliphatic rings. The van der Waals surface area contributed by atoms with E-state index in [2.05, 4.69) is 16.9 Å². The number of hydrogen-bond donors (Lipinski definition) is 1. The molecule has 0 spiro atoms. The summed E-state index contributed by atoms with van der Waals surface area (Å²) in [5.74, 6) is 1.49. The van der Waals surface area contributed by atoms with E-state index in [1.807, 2.05) is 24.3 Å². The van der Waals surface area contributed by atoms with E-state index in [1.165, 1.54) is 0 Å². The second-order valence-electron chi connectivity index (χ2n) is 6.19. The van der Waals surface area contributed by atoms with E-state index < -0.39 is 5.97 Å². The molecule has 2 aromatic heterocycles. The Hall–Kier alpha value is -2.87. The third-order valence-electron chi connectivity index (χ3n) is 3.99. The van der Waals surface area contributed by atoms with Crippen LogP contribution in [0, 0.1) is 13.8 Å². The number of fused-ring (bicyclic) bond motifs is 1. The highest BCUT2D eigenvalue weighted by Crippen LogP contribution is 2.27. The number of benzene rings is 1. The van der Waals surface area contributed by atoms with Crippen molar-refractivity contribution in [1.82, 2.24) is 9.97 Å². The number of nitrogens with zero attached hydrogens (tertiary/aromatic N) is 1. The van der Waals surface area contributed by atoms with E-state index in [-0.39, 0.29) is 18.8 Å². The fourth-order valence-electron chi connectivity index (χ4n) is 2.66. The molecule has 2 heterocycles. The lowest BCUT2D eigenvalue weighted by atomic mass is 10.2. The summed E-state index contributed by atoms with van der Waals surface area (Å²) in [5, 5.41) is 0.434. The SMILES string of the molecule is CCCOc1ccc(OCCOC(=O)c2sc3nc(C)[nH]c(=O)c3c2C)cc1. The first-order valence-corrected chi connectivity index (χ1v) is 9.84. The lowest BCUT2D eigenvalue weighted by molar-refractivity contribution is 0.0455. The van der Waals surface area contributed by atoms with Gasteiger partial charge < -0.3 is 19.2 Å². The van der Waals surface area contributed by atoms with Crippen LogP contribution in [0.1, 0.15) is 34.4 Å². The highest BCUT2D eigenvalue weighted by molar-refractivity contribution is 7.20. The number of H-pyrrole nitrogens is 1. The molecule has 1 N–H and O–H groups in total. The van der Waals surface area contributed by atoms with Crippen molar-refractivity contribution in [3.8, 4) is 11.5 Å². The molecule has 3 aromatic rings. The number of ether oxygens (including phenoxy) is 3. The Labute approximate surface area is 166 Å². The minimum Gasteiger partial charge on any atom is -0.494 e. The minimum absolute atomic E-state index is 0.101. The fourth-order valence-corrected chi connectivity index (χ4v) is 3.78. The second-order valence-corrected chi connectivity index (χ2v) is 7.19. The maximum Gasteiger partial charge on any atom is 0.348 e. The highest BCUT2D eigenvalue weighted by atomic mass is 32.1. The van der Waals surface area contributed by atoms with Crippen molar-refractivity contribution in [2.24, 2.45) is 0 Å². The first-order valence-electron chi connectivity index (χ1n) is 9.02. The first kappa shape index (κ1) is 19.9. The molecule has 0 saturated heterocycles. The van der Waals surface area contributed by atoms with Gasteiger partial charge in [-0.05, 0) is 50.1 Å². The molecular formula is C20H22N2O5S. The average Bonchev–Trinajstić information content (AvgIpc) is 3.01. The second kappa shape index (κ2) is 8.88. The molecule has 8 heteroatoms. The molecule has 0 fully saturated rings. The van der Waals surface area contributed by atoms with Gasteiger partial charge in [0, 0.05) is 0 Å². The lowest BCUT2D eigenvalue weighted by Gasteiger charge is -2.08. The Morgan fingerprint density at radius 3 is 2.36 bits per heavy atom. The van der Waals surface area contributed by atoms with Gasteiger partial charge in [-0.15, -0.1) is 11.3 Å². The molecule has 0 aliphatic carbocycles. The van der Waals surface area contributed by atoms with Crippen molar-refractivity contribution in [2.45, 2.75) is 27.2 Å². The number of thiophene rings is 1. The Balaban J connectivity index is 1.55. The van der Waals surface area contributed by atoms with Gasteiger partial charge in [-0.1, -0.05) is 6.92 Å². The molecule has 7 nitrogen and oxygen atoms in total. The van der Waals surface area contributed by atoms with Crippen LogP contribution >= 0.6 is 11.3 Å². The molecule has 0 aliphatic heterocycles. The molecule has 1 aromatic carbocycles. The zero-order valence-corrected chi connectivity index (χ0v) is 16.9. The zero-order valence-electron chi connectivity index (χ0n) is 16.0. The smallest absolute Gasteiger partial charge is 0.348 e. The van der Waals surface area contributed by atoms with Crippen LogP contribution in [0.25, 0.3) is 10.2 Å². The number of rotatable bonds is 8. The number of hydrogen-bond acceptors (Lipinski definition) is 7. The van der Waals surface area contributed by atoms with E-state index in [4.69, 9.17) is 14.2 Å². The van der Waals surface area contributed by atoms with Gasteiger partial charge in [0.05, 0.1) is 12.0 Å². The van der Waals surface area contributed by atoms with Crippen molar-refractivity contribution in [1.29, 1.82) is 0 Å². The molecule has 3 rings (SSSR count). The van der Waals surface area contributed by atoms with Gasteiger partial charge in [0.15, 0.2) is 0 Å². The van der Waals surface area contributed by atoms with Crippen molar-refractivity contribution in [3.63, 3.8) is 0 Å². The maximum absolute atomic E-state index is 12.4. The van der Waals surface area contributed by atoms with Crippen molar-refractivity contribution < 1.29 is 19.0 Å². The number of aryl methyl sites for hydroxylation is 2. The molecule has 148 valence electrons. The number of aromatic amines is 1. The fraction of sp³-hybridized carbons (Fsp3) is 0.350. The lowest BCUT2D eigenvalue weighted by Crippen LogP contribution is -2.13. The Morgan fingerprint density at radius 1 is 1.07 bits per heavy atom. The molecule has 0 bridgehead atoms. The summed E-state index contributed by atoms with van der Waals surface area (Å²) < 4.78 is 16.4. The van der Waals surface area contributed by atoms with Crippen LogP contribution in [0.3, 0.4) is 0 Å². The molecule has 28 heavy (non-hydrogen) atoms. The summed E-state index contributed by atoms with van der Waals surface area (Å²) in [7, 11) is 0. The maximum atomic E-state index is 12.4. The normalized spacial score (nSPS) is 10.8. The Bertz CT molecular complexity index is 1020. The summed E-state index contributed by atoms with van der Waals surface area (Å²) >= 11 is 1.16. The zero-order chi connectivity index (χ0) is 20.1. The summed E-state index contributed by atoms with van der Waals surface area (Å²) in [6.07, 6.45) is 0.951. The number of nitrogens with one attached hydrogen (secondary N) is 1. The number of carbonyl (C=O) groups is 1. The molecule has 0 radical (unpaired) electrons. The number of aromatic nitrogens is 2. The van der Waals surface area contributed by atoms with Crippen molar-refractivity contribution in [3.05, 3.63) is 50.9 Å². The predicted molar refractivity (Wildman–Crippen MR) is 108 cm³/mol. The van der Waals surface area contributed by atoms with Crippen LogP contribution in [0.5, 0.6) is 11.5 Å². The third-order valence-corrected chi connectivity index (χ3v) is 5.15. The third kappa shape index (κ3) is 4.51. The molecule has 0 unspecified atom stereocenters. The standard InChI is InChI=1S/C20H22N2O5S/c1-4-9-25-14-5-7-15(8-6-14)26-10-11-27-20(24)17-12(2)16-18(23)21-13(3)22-19(16)28-17/h5-8H,4,9-11H2,1-3H3,(H,21,22,23). The van der Waals surface area contributed by atoms with Gasteiger partial charge in [0.2, 0.25) is 0 Å². The molecular weight excluding hydrogens is 380 g/mol. The van der Waals surface area contributed by atoms with E-state index in [0.29, 0.717) is 38.8 Å². The van der Waals surface area contributed by atoms with Gasteiger partial charge in [0.25, 0.3) is 5.56 Å². The summed E-state index contributed by atoms with van der Waals surface area (Å²) in [5.41, 5.74) is 0.340. The van der Waals surface area contributed by atoms with E-state index in [9.17, 15) is 9.59 Å². The van der Waals surface area contributed by atoms with Gasteiger partial charge in [-0.3, -0.25) is 4.79 Å². The van der Waals surface area contributed by atoms with Gasteiger partial charge >= 0.3 is 5.97 Å². The number of carbonyl (C=O) groups excluding carboxylic acids is 1. The molecule has 0 amide bonds. The Morgan fingerprint density at radius 2 is 1.71 bits per heavy atom. The van der Waals surface area contributed by atoms with Crippen LogP contribution in [0.15, 0.2) is 29.1 Å². The number of esters is 1. The van der Waals surface area contributed by atoms with Gasteiger partial charge in [-0.2, -0.15) is 0 Å². The van der Waals surface area contributed by atoms with Crippen LogP contribution < -0.4 is 15.0 Å². The van der Waals surface area contributed by atoms with Crippen molar-refractivity contribution in [2.75, 3.05) is 19.8 Å². The average molecular weight is 402 g/mol. The minimum atomic E-state index is -0.482. The molecule has 0 saturated carbocycles. The first-order chi connectivity index (χ1) is 13.5. The van der Waals surface area contributed by atoms with E-state index in [1.54, 1.807) is 13.8 Å². The topological polar surface area (TPSA) is 90.5 Å². The summed E-state index contributed by atoms with van der Waals surface area (Å²) in [6, 6.07) is 7.29. The quantitative estimate of drug-likeness (QED) is 0.457. The van der Waals surface area contributed by atoms with Gasteiger partial charge in [-0.25, -0.2) is 9.78 Å². The predicted octanol–water partition coefficient (Wildman–Crippen LogP) is 3.63. The van der Waals surface area contributed by atoms with Crippen LogP contribution in [0.4, 0.5) is 0 Å². The van der Waals surface area contributed by atoms with E-state index >= 15 is 0 Å². The highest BCUT2D eigenvalue weighted by Gasteiger charge is 2.20. The molecule has 0 atom stereocenters. The van der Waals surface area contributed by atoms with Crippen molar-refractivity contribution >= 4 is 27.5 Å². The van der Waals surface area contributed by atoms with Crippen LogP contribution in [-0.4, -0.2) is 35.8 Å². The summed E-state index contributed by atoms with van der Waals surface area (Å²) in [4.78, 5) is 32.3. The summed E-state index contributed by atoms with van der Waals surface area (Å²) in [6.45, 7) is 6.48. The van der Waals surface area contributed by atoms with E-state index in [0.717, 1.165) is 23.5 Å². The Kier molecular flexibility index (Phi) is 6.30.